The van der Waals surface area contributed by atoms with E-state index in [1.807, 2.05) is 0 Å². The second kappa shape index (κ2) is 6.09. The lowest BCUT2D eigenvalue weighted by molar-refractivity contribution is -0.117. The molecule has 0 unspecified atom stereocenters. The Kier molecular flexibility index (Phi) is 4.23. The van der Waals surface area contributed by atoms with Gasteiger partial charge in [-0.15, -0.1) is 0 Å². The van der Waals surface area contributed by atoms with E-state index in [1.54, 1.807) is 0 Å². The first-order valence-corrected chi connectivity index (χ1v) is 5.91. The minimum Gasteiger partial charge on any atom is -0.368 e. The van der Waals surface area contributed by atoms with E-state index in [2.05, 4.69) is 25.0 Å². The highest BCUT2D eigenvalue weighted by atomic mass is 35.5. The zero-order valence-corrected chi connectivity index (χ0v) is 11.3. The number of rotatable bonds is 6. The van der Waals surface area contributed by atoms with Gasteiger partial charge < -0.3 is 16.4 Å². The zero-order chi connectivity index (χ0) is 15.4. The summed E-state index contributed by atoms with van der Waals surface area (Å²) in [5.41, 5.74) is 10.2. The van der Waals surface area contributed by atoms with Gasteiger partial charge in [0.25, 0.3) is 5.95 Å². The molecule has 2 amide bonds. The van der Waals surface area contributed by atoms with Gasteiger partial charge in [-0.05, 0) is 11.6 Å². The van der Waals surface area contributed by atoms with Gasteiger partial charge in [-0.3, -0.25) is 9.59 Å². The molecular formula is C9H10ClN9O2. The van der Waals surface area contributed by atoms with Crippen LogP contribution >= 0.6 is 11.6 Å². The average molecular weight is 312 g/mol. The number of anilines is 1. The van der Waals surface area contributed by atoms with E-state index in [-0.39, 0.29) is 30.3 Å². The third-order valence-corrected chi connectivity index (χ3v) is 2.35. The Morgan fingerprint density at radius 3 is 2.38 bits per heavy atom. The predicted molar refractivity (Wildman–Crippen MR) is 70.4 cm³/mol. The molecule has 0 bridgehead atoms. The Hall–Kier alpha value is -2.82. The van der Waals surface area contributed by atoms with E-state index in [9.17, 15) is 9.59 Å². The van der Waals surface area contributed by atoms with Gasteiger partial charge in [0.1, 0.15) is 25.7 Å². The maximum Gasteiger partial charge on any atom is 0.258 e. The standard InChI is InChI=1S/C9H10ClN9O2/c10-7-15-8(18(1-5(11)20)2-6(12)21)17-9(16-7)19-4-13-3-14-19/h3-4H,1-2H2,(H2,11,20)(H2,12,21). The SMILES string of the molecule is NC(=O)CN(CC(N)=O)c1nc(Cl)nc(-n2cncn2)n1. The van der Waals surface area contributed by atoms with Crippen molar-refractivity contribution in [3.63, 3.8) is 0 Å². The Morgan fingerprint density at radius 2 is 1.86 bits per heavy atom. The normalized spacial score (nSPS) is 10.3. The Morgan fingerprint density at radius 1 is 1.19 bits per heavy atom. The Balaban J connectivity index is 2.40. The molecule has 0 saturated heterocycles. The summed E-state index contributed by atoms with van der Waals surface area (Å²) in [6, 6.07) is 0. The fourth-order valence-corrected chi connectivity index (χ4v) is 1.61. The summed E-state index contributed by atoms with van der Waals surface area (Å²) in [6.45, 7) is -0.611. The lowest BCUT2D eigenvalue weighted by Crippen LogP contribution is -2.40. The number of primary amides is 2. The number of carbonyl (C=O) groups excluding carboxylic acids is 2. The smallest absolute Gasteiger partial charge is 0.258 e. The molecule has 21 heavy (non-hydrogen) atoms. The third-order valence-electron chi connectivity index (χ3n) is 2.18. The van der Waals surface area contributed by atoms with Crippen LogP contribution < -0.4 is 16.4 Å². The summed E-state index contributed by atoms with van der Waals surface area (Å²) < 4.78 is 1.24. The number of hydrogen-bond donors (Lipinski definition) is 2. The summed E-state index contributed by atoms with van der Waals surface area (Å²) in [7, 11) is 0. The van der Waals surface area contributed by atoms with Crippen molar-refractivity contribution >= 4 is 29.4 Å². The maximum atomic E-state index is 11.1. The van der Waals surface area contributed by atoms with Gasteiger partial charge in [-0.2, -0.15) is 24.7 Å². The van der Waals surface area contributed by atoms with Gasteiger partial charge in [0.15, 0.2) is 0 Å². The van der Waals surface area contributed by atoms with Crippen LogP contribution in [0.1, 0.15) is 0 Å². The molecule has 0 aromatic carbocycles. The number of nitrogens with two attached hydrogens (primary N) is 2. The molecule has 0 aliphatic rings. The van der Waals surface area contributed by atoms with Crippen LogP contribution in [0.15, 0.2) is 12.7 Å². The van der Waals surface area contributed by atoms with Gasteiger partial charge in [0, 0.05) is 0 Å². The van der Waals surface area contributed by atoms with Crippen LogP contribution in [0.2, 0.25) is 5.28 Å². The quantitative estimate of drug-likeness (QED) is 0.612. The van der Waals surface area contributed by atoms with Crippen LogP contribution in [0.4, 0.5) is 5.95 Å². The summed E-state index contributed by atoms with van der Waals surface area (Å²) in [4.78, 5) is 38.8. The van der Waals surface area contributed by atoms with Crippen molar-refractivity contribution in [2.45, 2.75) is 0 Å². The molecular weight excluding hydrogens is 302 g/mol. The molecule has 0 fully saturated rings. The van der Waals surface area contributed by atoms with Crippen LogP contribution in [-0.4, -0.2) is 54.6 Å². The fourth-order valence-electron chi connectivity index (χ4n) is 1.46. The summed E-state index contributed by atoms with van der Waals surface area (Å²) in [6.07, 6.45) is 2.63. The molecule has 2 aromatic rings. The number of nitrogens with zero attached hydrogens (tertiary/aromatic N) is 7. The van der Waals surface area contributed by atoms with E-state index in [0.29, 0.717) is 0 Å². The van der Waals surface area contributed by atoms with E-state index >= 15 is 0 Å². The molecule has 11 nitrogen and oxygen atoms in total. The van der Waals surface area contributed by atoms with Crippen molar-refractivity contribution in [3.05, 3.63) is 17.9 Å². The first-order chi connectivity index (χ1) is 9.95. The van der Waals surface area contributed by atoms with Crippen LogP contribution in [0.5, 0.6) is 0 Å². The highest BCUT2D eigenvalue weighted by molar-refractivity contribution is 6.28. The third kappa shape index (κ3) is 3.82. The summed E-state index contributed by atoms with van der Waals surface area (Å²) in [5.74, 6) is -1.33. The van der Waals surface area contributed by atoms with E-state index < -0.39 is 11.8 Å². The first kappa shape index (κ1) is 14.6. The van der Waals surface area contributed by atoms with Gasteiger partial charge >= 0.3 is 0 Å². The van der Waals surface area contributed by atoms with Gasteiger partial charge in [-0.25, -0.2) is 4.98 Å². The summed E-state index contributed by atoms with van der Waals surface area (Å²) in [5, 5.41) is 3.69. The lowest BCUT2D eigenvalue weighted by atomic mass is 10.4. The van der Waals surface area contributed by atoms with Crippen molar-refractivity contribution in [1.29, 1.82) is 0 Å². The molecule has 0 saturated carbocycles. The Bertz CT molecular complexity index is 643. The van der Waals surface area contributed by atoms with Crippen LogP contribution in [0, 0.1) is 0 Å². The molecule has 0 aliphatic carbocycles. The largest absolute Gasteiger partial charge is 0.368 e. The first-order valence-electron chi connectivity index (χ1n) is 5.54. The molecule has 0 spiro atoms. The van der Waals surface area contributed by atoms with Gasteiger partial charge in [0.05, 0.1) is 0 Å². The van der Waals surface area contributed by atoms with Crippen LogP contribution in [0.25, 0.3) is 5.95 Å². The van der Waals surface area contributed by atoms with Gasteiger partial charge in [0.2, 0.25) is 23.0 Å². The van der Waals surface area contributed by atoms with E-state index in [4.69, 9.17) is 23.1 Å². The lowest BCUT2D eigenvalue weighted by Gasteiger charge is -2.19. The second-order valence-electron chi connectivity index (χ2n) is 3.83. The number of hydrogen-bond acceptors (Lipinski definition) is 8. The molecule has 0 aliphatic heterocycles. The number of aromatic nitrogens is 6. The zero-order valence-electron chi connectivity index (χ0n) is 10.5. The number of halogens is 1. The molecule has 2 rings (SSSR count). The van der Waals surface area contributed by atoms with Crippen molar-refractivity contribution in [2.24, 2.45) is 11.5 Å². The van der Waals surface area contributed by atoms with Crippen molar-refractivity contribution < 1.29 is 9.59 Å². The number of amides is 2. The van der Waals surface area contributed by atoms with Crippen LogP contribution in [-0.2, 0) is 9.59 Å². The minimum atomic E-state index is -0.685. The molecule has 110 valence electrons. The number of carbonyl (C=O) groups is 2. The van der Waals surface area contributed by atoms with Crippen molar-refractivity contribution in [2.75, 3.05) is 18.0 Å². The topological polar surface area (TPSA) is 159 Å². The van der Waals surface area contributed by atoms with E-state index in [0.717, 1.165) is 0 Å². The fraction of sp³-hybridized carbons (Fsp3) is 0.222. The minimum absolute atomic E-state index is 0.0295. The second-order valence-corrected chi connectivity index (χ2v) is 4.17. The van der Waals surface area contributed by atoms with Crippen molar-refractivity contribution in [1.82, 2.24) is 29.7 Å². The highest BCUT2D eigenvalue weighted by Crippen LogP contribution is 2.12. The van der Waals surface area contributed by atoms with E-state index in [1.165, 1.54) is 22.2 Å². The van der Waals surface area contributed by atoms with Crippen LogP contribution in [0.3, 0.4) is 0 Å². The van der Waals surface area contributed by atoms with Crippen molar-refractivity contribution in [3.8, 4) is 5.95 Å². The molecule has 2 heterocycles. The molecule has 12 heteroatoms. The molecule has 4 N–H and O–H groups in total. The average Bonchev–Trinajstić information content (AvgIpc) is 2.90. The molecule has 2 aromatic heterocycles. The predicted octanol–water partition coefficient (Wildman–Crippen LogP) is -2.12. The van der Waals surface area contributed by atoms with Gasteiger partial charge in [-0.1, -0.05) is 0 Å². The Labute approximate surface area is 123 Å². The molecule has 0 atom stereocenters. The maximum absolute atomic E-state index is 11.1. The monoisotopic (exact) mass is 311 g/mol. The summed E-state index contributed by atoms with van der Waals surface area (Å²) >= 11 is 5.80. The molecule has 0 radical (unpaired) electrons. The highest BCUT2D eigenvalue weighted by Gasteiger charge is 2.18.